The van der Waals surface area contributed by atoms with Crippen LogP contribution in [0.15, 0.2) is 59.7 Å². The topological polar surface area (TPSA) is 64.0 Å². The fraction of sp³-hybridized carbons (Fsp3) is 0.318. The number of amides is 1. The first-order valence-electron chi connectivity index (χ1n) is 9.32. The number of hydrogen-bond donors (Lipinski definition) is 1. The summed E-state index contributed by atoms with van der Waals surface area (Å²) in [5, 5.41) is 3.60. The SMILES string of the molecule is Cc1cccc2c(=O)n(CCCC(=O)NCC(C)c3ccccc3)cnc12. The molecular formula is C22H25N3O2. The Morgan fingerprint density at radius 3 is 2.70 bits per heavy atom. The van der Waals surface area contributed by atoms with E-state index in [4.69, 9.17) is 0 Å². The molecule has 0 saturated heterocycles. The van der Waals surface area contributed by atoms with Gasteiger partial charge in [-0.05, 0) is 36.5 Å². The van der Waals surface area contributed by atoms with Gasteiger partial charge in [0, 0.05) is 19.5 Å². The number of nitrogens with zero attached hydrogens (tertiary/aromatic N) is 2. The summed E-state index contributed by atoms with van der Waals surface area (Å²) in [6.07, 6.45) is 2.57. The molecule has 3 rings (SSSR count). The Bertz CT molecular complexity index is 980. The maximum Gasteiger partial charge on any atom is 0.261 e. The molecule has 5 nitrogen and oxygen atoms in total. The molecule has 0 radical (unpaired) electrons. The van der Waals surface area contributed by atoms with Crippen LogP contribution in [0.3, 0.4) is 0 Å². The lowest BCUT2D eigenvalue weighted by Gasteiger charge is -2.13. The Kier molecular flexibility index (Phi) is 6.01. The highest BCUT2D eigenvalue weighted by atomic mass is 16.1. The van der Waals surface area contributed by atoms with Crippen LogP contribution in [0, 0.1) is 6.92 Å². The number of carbonyl (C=O) groups is 1. The molecule has 0 spiro atoms. The number of hydrogen-bond acceptors (Lipinski definition) is 3. The summed E-state index contributed by atoms with van der Waals surface area (Å²) in [6, 6.07) is 15.7. The third-order valence-corrected chi connectivity index (χ3v) is 4.83. The summed E-state index contributed by atoms with van der Waals surface area (Å²) >= 11 is 0. The van der Waals surface area contributed by atoms with Crippen LogP contribution in [0.2, 0.25) is 0 Å². The Labute approximate surface area is 159 Å². The zero-order valence-corrected chi connectivity index (χ0v) is 15.8. The van der Waals surface area contributed by atoms with Crippen molar-refractivity contribution in [1.82, 2.24) is 14.9 Å². The van der Waals surface area contributed by atoms with Gasteiger partial charge < -0.3 is 5.32 Å². The second kappa shape index (κ2) is 8.62. The zero-order chi connectivity index (χ0) is 19.2. The number of nitrogens with one attached hydrogen (secondary N) is 1. The van der Waals surface area contributed by atoms with Crippen LogP contribution in [0.5, 0.6) is 0 Å². The predicted molar refractivity (Wildman–Crippen MR) is 108 cm³/mol. The van der Waals surface area contributed by atoms with Crippen LogP contribution >= 0.6 is 0 Å². The molecule has 3 aromatic rings. The van der Waals surface area contributed by atoms with Gasteiger partial charge in [-0.3, -0.25) is 14.2 Å². The number of para-hydroxylation sites is 1. The molecule has 1 amide bonds. The van der Waals surface area contributed by atoms with Gasteiger partial charge in [-0.25, -0.2) is 4.98 Å². The summed E-state index contributed by atoms with van der Waals surface area (Å²) in [5.74, 6) is 0.279. The fourth-order valence-corrected chi connectivity index (χ4v) is 3.16. The third-order valence-electron chi connectivity index (χ3n) is 4.83. The molecule has 0 saturated carbocycles. The molecule has 1 N–H and O–H groups in total. The normalized spacial score (nSPS) is 12.1. The maximum atomic E-state index is 12.6. The average molecular weight is 363 g/mol. The van der Waals surface area contributed by atoms with Gasteiger partial charge in [-0.1, -0.05) is 49.4 Å². The highest BCUT2D eigenvalue weighted by Gasteiger charge is 2.09. The first kappa shape index (κ1) is 18.8. The second-order valence-electron chi connectivity index (χ2n) is 6.93. The van der Waals surface area contributed by atoms with Gasteiger partial charge in [0.1, 0.15) is 0 Å². The highest BCUT2D eigenvalue weighted by Crippen LogP contribution is 2.13. The Morgan fingerprint density at radius 1 is 1.15 bits per heavy atom. The first-order chi connectivity index (χ1) is 13.1. The van der Waals surface area contributed by atoms with E-state index in [1.165, 1.54) is 5.56 Å². The molecule has 5 heteroatoms. The molecule has 1 unspecified atom stereocenters. The molecule has 0 aliphatic heterocycles. The number of aryl methyl sites for hydroxylation is 2. The maximum absolute atomic E-state index is 12.6. The molecule has 0 aliphatic rings. The lowest BCUT2D eigenvalue weighted by Crippen LogP contribution is -2.28. The van der Waals surface area contributed by atoms with Gasteiger partial charge in [-0.2, -0.15) is 0 Å². The van der Waals surface area contributed by atoms with E-state index < -0.39 is 0 Å². The van der Waals surface area contributed by atoms with Crippen LogP contribution in [0.1, 0.15) is 36.8 Å². The zero-order valence-electron chi connectivity index (χ0n) is 15.8. The Balaban J connectivity index is 1.51. The van der Waals surface area contributed by atoms with Gasteiger partial charge in [0.15, 0.2) is 0 Å². The van der Waals surface area contributed by atoms with Gasteiger partial charge in [0.2, 0.25) is 5.91 Å². The minimum atomic E-state index is -0.0539. The van der Waals surface area contributed by atoms with Crippen LogP contribution in [-0.4, -0.2) is 22.0 Å². The van der Waals surface area contributed by atoms with Crippen molar-refractivity contribution in [2.75, 3.05) is 6.54 Å². The summed E-state index contributed by atoms with van der Waals surface area (Å²) in [6.45, 7) is 5.13. The van der Waals surface area contributed by atoms with E-state index in [1.807, 2.05) is 37.3 Å². The van der Waals surface area contributed by atoms with E-state index in [1.54, 1.807) is 17.0 Å². The average Bonchev–Trinajstić information content (AvgIpc) is 2.69. The van der Waals surface area contributed by atoms with Gasteiger partial charge in [0.05, 0.1) is 17.2 Å². The minimum Gasteiger partial charge on any atom is -0.356 e. The van der Waals surface area contributed by atoms with Crippen molar-refractivity contribution in [3.63, 3.8) is 0 Å². The number of aromatic nitrogens is 2. The van der Waals surface area contributed by atoms with Crippen molar-refractivity contribution in [1.29, 1.82) is 0 Å². The lowest BCUT2D eigenvalue weighted by atomic mass is 10.0. The van der Waals surface area contributed by atoms with E-state index in [9.17, 15) is 9.59 Å². The van der Waals surface area contributed by atoms with E-state index in [2.05, 4.69) is 29.4 Å². The van der Waals surface area contributed by atoms with Crippen molar-refractivity contribution in [2.24, 2.45) is 0 Å². The van der Waals surface area contributed by atoms with Crippen LogP contribution in [-0.2, 0) is 11.3 Å². The largest absolute Gasteiger partial charge is 0.356 e. The molecule has 1 heterocycles. The Hall–Kier alpha value is -2.95. The number of carbonyl (C=O) groups excluding carboxylic acids is 1. The van der Waals surface area contributed by atoms with E-state index in [0.29, 0.717) is 31.3 Å². The van der Waals surface area contributed by atoms with Gasteiger partial charge >= 0.3 is 0 Å². The number of fused-ring (bicyclic) bond motifs is 1. The predicted octanol–water partition coefficient (Wildman–Crippen LogP) is 3.41. The molecule has 27 heavy (non-hydrogen) atoms. The second-order valence-corrected chi connectivity index (χ2v) is 6.93. The molecular weight excluding hydrogens is 338 g/mol. The minimum absolute atomic E-state index is 0.00965. The number of benzene rings is 2. The van der Waals surface area contributed by atoms with Crippen molar-refractivity contribution >= 4 is 16.8 Å². The molecule has 0 fully saturated rings. The van der Waals surface area contributed by atoms with Crippen LogP contribution in [0.25, 0.3) is 10.9 Å². The standard InChI is InChI=1S/C22H25N3O2/c1-16-8-6-11-19-21(16)24-15-25(22(19)27)13-7-12-20(26)23-14-17(2)18-9-4-3-5-10-18/h3-6,8-11,15,17H,7,12-14H2,1-2H3,(H,23,26). The van der Waals surface area contributed by atoms with E-state index in [0.717, 1.165) is 11.1 Å². The fourth-order valence-electron chi connectivity index (χ4n) is 3.16. The molecule has 140 valence electrons. The lowest BCUT2D eigenvalue weighted by molar-refractivity contribution is -0.121. The molecule has 0 aliphatic carbocycles. The van der Waals surface area contributed by atoms with E-state index in [-0.39, 0.29) is 17.4 Å². The van der Waals surface area contributed by atoms with Gasteiger partial charge in [0.25, 0.3) is 5.56 Å². The van der Waals surface area contributed by atoms with Crippen molar-refractivity contribution in [2.45, 2.75) is 39.2 Å². The van der Waals surface area contributed by atoms with Crippen molar-refractivity contribution in [3.8, 4) is 0 Å². The monoisotopic (exact) mass is 363 g/mol. The van der Waals surface area contributed by atoms with Crippen LogP contribution in [0.4, 0.5) is 0 Å². The van der Waals surface area contributed by atoms with Crippen LogP contribution < -0.4 is 10.9 Å². The van der Waals surface area contributed by atoms with E-state index >= 15 is 0 Å². The third kappa shape index (κ3) is 4.61. The quantitative estimate of drug-likeness (QED) is 0.700. The summed E-state index contributed by atoms with van der Waals surface area (Å²) in [5.41, 5.74) is 2.89. The molecule has 2 aromatic carbocycles. The smallest absolute Gasteiger partial charge is 0.261 e. The van der Waals surface area contributed by atoms with Crippen molar-refractivity contribution in [3.05, 3.63) is 76.3 Å². The first-order valence-corrected chi connectivity index (χ1v) is 9.32. The summed E-state index contributed by atoms with van der Waals surface area (Å²) < 4.78 is 1.58. The number of rotatable bonds is 7. The molecule has 1 atom stereocenters. The summed E-state index contributed by atoms with van der Waals surface area (Å²) in [4.78, 5) is 29.0. The molecule has 0 bridgehead atoms. The summed E-state index contributed by atoms with van der Waals surface area (Å²) in [7, 11) is 0. The van der Waals surface area contributed by atoms with Gasteiger partial charge in [-0.15, -0.1) is 0 Å². The Morgan fingerprint density at radius 2 is 1.93 bits per heavy atom. The van der Waals surface area contributed by atoms with Crippen molar-refractivity contribution < 1.29 is 4.79 Å². The molecule has 1 aromatic heterocycles. The highest BCUT2D eigenvalue weighted by molar-refractivity contribution is 5.80.